The van der Waals surface area contributed by atoms with Gasteiger partial charge in [-0.2, -0.15) is 0 Å². The molecule has 1 unspecified atom stereocenters. The van der Waals surface area contributed by atoms with Crippen molar-refractivity contribution in [3.8, 4) is 0 Å². The predicted octanol–water partition coefficient (Wildman–Crippen LogP) is 2.74. The summed E-state index contributed by atoms with van der Waals surface area (Å²) in [7, 11) is 0. The van der Waals surface area contributed by atoms with Crippen LogP contribution in [0, 0.1) is 5.92 Å². The first-order valence-electron chi connectivity index (χ1n) is 7.11. The number of aromatic nitrogens is 1. The molecule has 1 fully saturated rings. The zero-order valence-electron chi connectivity index (χ0n) is 12.0. The van der Waals surface area contributed by atoms with E-state index >= 15 is 0 Å². The Bertz CT molecular complexity index is 428. The molecule has 1 aliphatic heterocycles. The number of rotatable bonds is 4. The maximum atomic E-state index is 12.2. The van der Waals surface area contributed by atoms with E-state index in [-0.39, 0.29) is 12.1 Å². The van der Waals surface area contributed by atoms with Gasteiger partial charge in [0.05, 0.1) is 11.7 Å². The van der Waals surface area contributed by atoms with Crippen LogP contribution in [0.3, 0.4) is 0 Å². The highest BCUT2D eigenvalue weighted by Crippen LogP contribution is 2.32. The lowest BCUT2D eigenvalue weighted by Gasteiger charge is -2.23. The SMILES string of the molecule is CCc1cc(C2CCCN2C(=O)NCC(C)C)on1. The van der Waals surface area contributed by atoms with E-state index in [9.17, 15) is 4.79 Å². The zero-order chi connectivity index (χ0) is 13.8. The number of aryl methyl sites for hydroxylation is 1. The highest BCUT2D eigenvalue weighted by atomic mass is 16.5. The fourth-order valence-electron chi connectivity index (χ4n) is 2.35. The normalized spacial score (nSPS) is 19.2. The number of amides is 2. The van der Waals surface area contributed by atoms with E-state index in [0.717, 1.165) is 37.3 Å². The van der Waals surface area contributed by atoms with Gasteiger partial charge in [0.1, 0.15) is 0 Å². The monoisotopic (exact) mass is 265 g/mol. The van der Waals surface area contributed by atoms with E-state index < -0.39 is 0 Å². The second kappa shape index (κ2) is 6.08. The van der Waals surface area contributed by atoms with Crippen molar-refractivity contribution in [1.29, 1.82) is 0 Å². The fourth-order valence-corrected chi connectivity index (χ4v) is 2.35. The summed E-state index contributed by atoms with van der Waals surface area (Å²) in [5.74, 6) is 1.27. The first kappa shape index (κ1) is 13.9. The Morgan fingerprint density at radius 3 is 3.05 bits per heavy atom. The smallest absolute Gasteiger partial charge is 0.318 e. The first-order valence-corrected chi connectivity index (χ1v) is 7.11. The molecule has 1 aromatic rings. The van der Waals surface area contributed by atoms with Crippen molar-refractivity contribution in [1.82, 2.24) is 15.4 Å². The molecular weight excluding hydrogens is 242 g/mol. The third kappa shape index (κ3) is 3.28. The maximum Gasteiger partial charge on any atom is 0.318 e. The average molecular weight is 265 g/mol. The third-order valence-corrected chi connectivity index (χ3v) is 3.44. The lowest BCUT2D eigenvalue weighted by atomic mass is 10.1. The largest absolute Gasteiger partial charge is 0.359 e. The van der Waals surface area contributed by atoms with Gasteiger partial charge in [-0.25, -0.2) is 4.79 Å². The molecule has 2 heterocycles. The third-order valence-electron chi connectivity index (χ3n) is 3.44. The standard InChI is InChI=1S/C14H23N3O2/c1-4-11-8-13(19-16-11)12-6-5-7-17(12)14(18)15-9-10(2)3/h8,10,12H,4-7,9H2,1-3H3,(H,15,18). The molecule has 1 N–H and O–H groups in total. The highest BCUT2D eigenvalue weighted by Gasteiger charge is 2.32. The Morgan fingerprint density at radius 1 is 1.63 bits per heavy atom. The number of hydrogen-bond donors (Lipinski definition) is 1. The quantitative estimate of drug-likeness (QED) is 0.910. The van der Waals surface area contributed by atoms with Crippen LogP contribution < -0.4 is 5.32 Å². The average Bonchev–Trinajstić information content (AvgIpc) is 3.03. The number of likely N-dealkylation sites (tertiary alicyclic amines) is 1. The zero-order valence-corrected chi connectivity index (χ0v) is 12.0. The summed E-state index contributed by atoms with van der Waals surface area (Å²) in [6.07, 6.45) is 2.82. The van der Waals surface area contributed by atoms with Crippen LogP contribution in [-0.4, -0.2) is 29.2 Å². The van der Waals surface area contributed by atoms with Crippen molar-refractivity contribution < 1.29 is 9.32 Å². The predicted molar refractivity (Wildman–Crippen MR) is 72.8 cm³/mol. The lowest BCUT2D eigenvalue weighted by molar-refractivity contribution is 0.181. The van der Waals surface area contributed by atoms with Gasteiger partial charge in [0.25, 0.3) is 0 Å². The van der Waals surface area contributed by atoms with Crippen molar-refractivity contribution in [2.24, 2.45) is 5.92 Å². The van der Waals surface area contributed by atoms with E-state index in [1.165, 1.54) is 0 Å². The molecule has 106 valence electrons. The molecule has 1 aliphatic rings. The molecule has 0 aromatic carbocycles. The number of hydrogen-bond acceptors (Lipinski definition) is 3. The minimum atomic E-state index is 0.00523. The summed E-state index contributed by atoms with van der Waals surface area (Å²) in [5, 5.41) is 6.98. The molecule has 0 saturated carbocycles. The van der Waals surface area contributed by atoms with Gasteiger partial charge in [-0.1, -0.05) is 25.9 Å². The van der Waals surface area contributed by atoms with Crippen LogP contribution in [0.2, 0.25) is 0 Å². The summed E-state index contributed by atoms with van der Waals surface area (Å²) in [5.41, 5.74) is 0.949. The molecule has 0 spiro atoms. The first-order chi connectivity index (χ1) is 9.11. The molecule has 1 aromatic heterocycles. The summed E-state index contributed by atoms with van der Waals surface area (Å²) in [6, 6.07) is 2.02. The lowest BCUT2D eigenvalue weighted by Crippen LogP contribution is -2.40. The Labute approximate surface area is 114 Å². The molecule has 0 aliphatic carbocycles. The minimum Gasteiger partial charge on any atom is -0.359 e. The van der Waals surface area contributed by atoms with Gasteiger partial charge in [0.2, 0.25) is 0 Å². The minimum absolute atomic E-state index is 0.00523. The summed E-state index contributed by atoms with van der Waals surface area (Å²) in [4.78, 5) is 14.0. The van der Waals surface area contributed by atoms with Crippen LogP contribution in [0.15, 0.2) is 10.6 Å². The van der Waals surface area contributed by atoms with Crippen molar-refractivity contribution in [3.63, 3.8) is 0 Å². The van der Waals surface area contributed by atoms with Gasteiger partial charge in [-0.05, 0) is 25.2 Å². The van der Waals surface area contributed by atoms with E-state index in [2.05, 4.69) is 24.3 Å². The molecule has 5 nitrogen and oxygen atoms in total. The molecule has 1 saturated heterocycles. The van der Waals surface area contributed by atoms with E-state index in [0.29, 0.717) is 12.5 Å². The van der Waals surface area contributed by atoms with Gasteiger partial charge in [0, 0.05) is 19.2 Å². The van der Waals surface area contributed by atoms with Crippen molar-refractivity contribution in [2.75, 3.05) is 13.1 Å². The van der Waals surface area contributed by atoms with Crippen molar-refractivity contribution in [3.05, 3.63) is 17.5 Å². The van der Waals surface area contributed by atoms with E-state index in [4.69, 9.17) is 4.52 Å². The Hall–Kier alpha value is -1.52. The topological polar surface area (TPSA) is 58.4 Å². The molecule has 0 bridgehead atoms. The van der Waals surface area contributed by atoms with Gasteiger partial charge >= 0.3 is 6.03 Å². The summed E-state index contributed by atoms with van der Waals surface area (Å²) >= 11 is 0. The molecule has 0 radical (unpaired) electrons. The number of nitrogens with one attached hydrogen (secondary N) is 1. The second-order valence-electron chi connectivity index (χ2n) is 5.51. The van der Waals surface area contributed by atoms with Crippen LogP contribution in [0.5, 0.6) is 0 Å². The van der Waals surface area contributed by atoms with Crippen LogP contribution in [0.4, 0.5) is 4.79 Å². The molecular formula is C14H23N3O2. The van der Waals surface area contributed by atoms with E-state index in [1.54, 1.807) is 0 Å². The number of nitrogens with zero attached hydrogens (tertiary/aromatic N) is 2. The summed E-state index contributed by atoms with van der Waals surface area (Å²) < 4.78 is 5.37. The molecule has 2 rings (SSSR count). The number of carbonyl (C=O) groups excluding carboxylic acids is 1. The van der Waals surface area contributed by atoms with Crippen molar-refractivity contribution >= 4 is 6.03 Å². The Morgan fingerprint density at radius 2 is 2.42 bits per heavy atom. The maximum absolute atomic E-state index is 12.2. The van der Waals surface area contributed by atoms with E-state index in [1.807, 2.05) is 17.9 Å². The Kier molecular flexibility index (Phi) is 4.45. The molecule has 2 amide bonds. The van der Waals surface area contributed by atoms with Crippen LogP contribution in [-0.2, 0) is 6.42 Å². The number of carbonyl (C=O) groups is 1. The molecule has 5 heteroatoms. The molecule has 19 heavy (non-hydrogen) atoms. The van der Waals surface area contributed by atoms with Gasteiger partial charge < -0.3 is 14.7 Å². The van der Waals surface area contributed by atoms with Crippen molar-refractivity contribution in [2.45, 2.75) is 46.1 Å². The number of urea groups is 1. The van der Waals surface area contributed by atoms with Gasteiger partial charge in [0.15, 0.2) is 5.76 Å². The second-order valence-corrected chi connectivity index (χ2v) is 5.51. The molecule has 1 atom stereocenters. The Balaban J connectivity index is 2.01. The highest BCUT2D eigenvalue weighted by molar-refractivity contribution is 5.75. The van der Waals surface area contributed by atoms with Crippen LogP contribution >= 0.6 is 0 Å². The van der Waals surface area contributed by atoms with Gasteiger partial charge in [-0.3, -0.25) is 0 Å². The fraction of sp³-hybridized carbons (Fsp3) is 0.714. The van der Waals surface area contributed by atoms with Crippen LogP contribution in [0.25, 0.3) is 0 Å². The van der Waals surface area contributed by atoms with Gasteiger partial charge in [-0.15, -0.1) is 0 Å². The van der Waals surface area contributed by atoms with Crippen LogP contribution in [0.1, 0.15) is 51.1 Å². The summed E-state index contributed by atoms with van der Waals surface area (Å²) in [6.45, 7) is 7.72.